The molecule has 122 valence electrons. The first-order chi connectivity index (χ1) is 11.0. The summed E-state index contributed by atoms with van der Waals surface area (Å²) in [5.41, 5.74) is 4.83. The molecule has 2 aromatic carbocycles. The van der Waals surface area contributed by atoms with Gasteiger partial charge in [0.15, 0.2) is 11.5 Å². The topological polar surface area (TPSA) is 73.6 Å². The number of aryl methyl sites for hydroxylation is 1. The predicted octanol–water partition coefficient (Wildman–Crippen LogP) is 3.18. The third-order valence-corrected chi connectivity index (χ3v) is 4.01. The Morgan fingerprint density at radius 3 is 2.52 bits per heavy atom. The van der Waals surface area contributed by atoms with Crippen LogP contribution in [0.2, 0.25) is 0 Å². The predicted molar refractivity (Wildman–Crippen MR) is 97.5 cm³/mol. The first kappa shape index (κ1) is 17.6. The number of rotatable bonds is 6. The molecule has 0 aliphatic heterocycles. The molecule has 0 unspecified atom stereocenters. The fourth-order valence-electron chi connectivity index (χ4n) is 2.03. The van der Waals surface area contributed by atoms with Gasteiger partial charge in [0.25, 0.3) is 5.91 Å². The largest absolute Gasteiger partial charge is 0.490 e. The van der Waals surface area contributed by atoms with Gasteiger partial charge >= 0.3 is 0 Å². The highest BCUT2D eigenvalue weighted by molar-refractivity contribution is 14.1. The van der Waals surface area contributed by atoms with E-state index < -0.39 is 0 Å². The maximum Gasteiger partial charge on any atom is 0.265 e. The van der Waals surface area contributed by atoms with Crippen molar-refractivity contribution in [2.24, 2.45) is 5.84 Å². The lowest BCUT2D eigenvalue weighted by Crippen LogP contribution is -2.30. The number of hydrogen-bond acceptors (Lipinski definition) is 4. The molecular weight excluding hydrogens is 407 g/mol. The summed E-state index contributed by atoms with van der Waals surface area (Å²) in [6.45, 7) is 4.83. The number of carbonyl (C=O) groups is 1. The van der Waals surface area contributed by atoms with Gasteiger partial charge in [-0.05, 0) is 54.1 Å². The summed E-state index contributed by atoms with van der Waals surface area (Å²) in [5, 5.41) is 0. The Bertz CT molecular complexity index is 687. The second-order valence-electron chi connectivity index (χ2n) is 4.97. The van der Waals surface area contributed by atoms with Crippen LogP contribution in [-0.4, -0.2) is 12.5 Å². The fourth-order valence-corrected chi connectivity index (χ4v) is 2.78. The van der Waals surface area contributed by atoms with Gasteiger partial charge < -0.3 is 9.47 Å². The fraction of sp³-hybridized carbons (Fsp3) is 0.235. The highest BCUT2D eigenvalue weighted by Crippen LogP contribution is 2.34. The Morgan fingerprint density at radius 1 is 1.22 bits per heavy atom. The number of amides is 1. The normalized spacial score (nSPS) is 10.3. The summed E-state index contributed by atoms with van der Waals surface area (Å²) in [5.74, 6) is 5.98. The zero-order chi connectivity index (χ0) is 16.8. The van der Waals surface area contributed by atoms with Crippen molar-refractivity contribution in [3.63, 3.8) is 0 Å². The Labute approximate surface area is 149 Å². The van der Waals surface area contributed by atoms with Crippen LogP contribution in [0.3, 0.4) is 0 Å². The molecular formula is C17H19IN2O3. The van der Waals surface area contributed by atoms with Crippen molar-refractivity contribution in [2.75, 3.05) is 6.61 Å². The Kier molecular flexibility index (Phi) is 6.23. The molecule has 0 saturated heterocycles. The lowest BCUT2D eigenvalue weighted by Gasteiger charge is -2.15. The van der Waals surface area contributed by atoms with Gasteiger partial charge in [0.2, 0.25) is 0 Å². The minimum absolute atomic E-state index is 0.367. The van der Waals surface area contributed by atoms with Gasteiger partial charge in [-0.25, -0.2) is 5.84 Å². The third-order valence-electron chi connectivity index (χ3n) is 3.21. The molecule has 0 aliphatic carbocycles. The van der Waals surface area contributed by atoms with Crippen molar-refractivity contribution < 1.29 is 14.3 Å². The second-order valence-corrected chi connectivity index (χ2v) is 6.13. The van der Waals surface area contributed by atoms with Gasteiger partial charge in [0.05, 0.1) is 10.2 Å². The number of halogens is 1. The van der Waals surface area contributed by atoms with Crippen LogP contribution in [0.15, 0.2) is 36.4 Å². The maximum absolute atomic E-state index is 11.7. The number of carbonyl (C=O) groups excluding carboxylic acids is 1. The Hall–Kier alpha value is -1.80. The Morgan fingerprint density at radius 2 is 1.91 bits per heavy atom. The van der Waals surface area contributed by atoms with Gasteiger partial charge in [0, 0.05) is 5.56 Å². The molecule has 0 spiro atoms. The van der Waals surface area contributed by atoms with E-state index in [0.29, 0.717) is 30.3 Å². The number of hydrazine groups is 1. The molecule has 0 bridgehead atoms. The number of benzene rings is 2. The van der Waals surface area contributed by atoms with Gasteiger partial charge in [-0.15, -0.1) is 0 Å². The van der Waals surface area contributed by atoms with Crippen LogP contribution in [0.4, 0.5) is 0 Å². The molecule has 3 N–H and O–H groups in total. The maximum atomic E-state index is 11.7. The number of ether oxygens (including phenoxy) is 2. The van der Waals surface area contributed by atoms with E-state index in [4.69, 9.17) is 15.3 Å². The van der Waals surface area contributed by atoms with Crippen LogP contribution in [0, 0.1) is 10.5 Å². The molecule has 1 amide bonds. The van der Waals surface area contributed by atoms with E-state index in [-0.39, 0.29) is 5.91 Å². The summed E-state index contributed by atoms with van der Waals surface area (Å²) in [6, 6.07) is 11.5. The molecule has 5 nitrogen and oxygen atoms in total. The van der Waals surface area contributed by atoms with Gasteiger partial charge in [-0.3, -0.25) is 10.2 Å². The summed E-state index contributed by atoms with van der Waals surface area (Å²) in [6.07, 6.45) is 0. The van der Waals surface area contributed by atoms with Gasteiger partial charge in [-0.1, -0.05) is 29.8 Å². The molecule has 0 saturated carbocycles. The number of hydrogen-bond donors (Lipinski definition) is 2. The average molecular weight is 426 g/mol. The zero-order valence-electron chi connectivity index (χ0n) is 13.1. The van der Waals surface area contributed by atoms with Crippen LogP contribution < -0.4 is 20.7 Å². The molecule has 2 rings (SSSR count). The summed E-state index contributed by atoms with van der Waals surface area (Å²) in [4.78, 5) is 11.7. The molecule has 0 radical (unpaired) electrons. The average Bonchev–Trinajstić information content (AvgIpc) is 2.55. The van der Waals surface area contributed by atoms with Crippen molar-refractivity contribution >= 4 is 28.5 Å². The summed E-state index contributed by atoms with van der Waals surface area (Å²) < 4.78 is 12.3. The highest BCUT2D eigenvalue weighted by Gasteiger charge is 2.15. The van der Waals surface area contributed by atoms with E-state index in [0.717, 1.165) is 9.13 Å². The van der Waals surface area contributed by atoms with E-state index >= 15 is 0 Å². The molecule has 2 aromatic rings. The van der Waals surface area contributed by atoms with Gasteiger partial charge in [0.1, 0.15) is 6.61 Å². The number of nitrogens with one attached hydrogen (secondary N) is 1. The van der Waals surface area contributed by atoms with Crippen molar-refractivity contribution in [2.45, 2.75) is 20.5 Å². The van der Waals surface area contributed by atoms with Crippen LogP contribution in [0.5, 0.6) is 11.5 Å². The van der Waals surface area contributed by atoms with Crippen LogP contribution >= 0.6 is 22.6 Å². The van der Waals surface area contributed by atoms with Crippen LogP contribution in [-0.2, 0) is 6.61 Å². The smallest absolute Gasteiger partial charge is 0.265 e. The van der Waals surface area contributed by atoms with Crippen molar-refractivity contribution in [3.8, 4) is 11.5 Å². The highest BCUT2D eigenvalue weighted by atomic mass is 127. The molecule has 0 atom stereocenters. The van der Waals surface area contributed by atoms with Gasteiger partial charge in [-0.2, -0.15) is 0 Å². The monoisotopic (exact) mass is 426 g/mol. The standard InChI is InChI=1S/C17H19IN2O3/c1-3-22-15-9-13(17(21)20-19)8-14(18)16(15)23-10-12-6-4-11(2)5-7-12/h4-9H,3,10,19H2,1-2H3,(H,20,21). The minimum Gasteiger partial charge on any atom is -0.490 e. The van der Waals surface area contributed by atoms with E-state index in [1.54, 1.807) is 12.1 Å². The van der Waals surface area contributed by atoms with E-state index in [1.807, 2.05) is 38.1 Å². The van der Waals surface area contributed by atoms with Crippen LogP contribution in [0.25, 0.3) is 0 Å². The van der Waals surface area contributed by atoms with E-state index in [9.17, 15) is 4.79 Å². The number of nitrogens with two attached hydrogens (primary N) is 1. The SMILES string of the molecule is CCOc1cc(C(=O)NN)cc(I)c1OCc1ccc(C)cc1. The first-order valence-electron chi connectivity index (χ1n) is 7.20. The second kappa shape index (κ2) is 8.16. The molecule has 23 heavy (non-hydrogen) atoms. The zero-order valence-corrected chi connectivity index (χ0v) is 15.2. The lowest BCUT2D eigenvalue weighted by molar-refractivity contribution is 0.0953. The molecule has 0 aromatic heterocycles. The molecule has 0 aliphatic rings. The quantitative estimate of drug-likeness (QED) is 0.322. The van der Waals surface area contributed by atoms with Crippen LogP contribution in [0.1, 0.15) is 28.4 Å². The van der Waals surface area contributed by atoms with E-state index in [2.05, 4.69) is 28.0 Å². The minimum atomic E-state index is -0.367. The Balaban J connectivity index is 2.25. The van der Waals surface area contributed by atoms with E-state index in [1.165, 1.54) is 5.56 Å². The molecule has 6 heteroatoms. The summed E-state index contributed by atoms with van der Waals surface area (Å²) in [7, 11) is 0. The van der Waals surface area contributed by atoms with Crippen molar-refractivity contribution in [3.05, 3.63) is 56.7 Å². The number of nitrogen functional groups attached to an aromatic ring is 1. The molecule has 0 heterocycles. The van der Waals surface area contributed by atoms with Crippen molar-refractivity contribution in [1.82, 2.24) is 5.43 Å². The lowest BCUT2D eigenvalue weighted by atomic mass is 10.1. The third kappa shape index (κ3) is 4.59. The first-order valence-corrected chi connectivity index (χ1v) is 8.28. The molecule has 0 fully saturated rings. The summed E-state index contributed by atoms with van der Waals surface area (Å²) >= 11 is 2.12. The van der Waals surface area contributed by atoms with Crippen molar-refractivity contribution in [1.29, 1.82) is 0 Å².